The molecule has 0 bridgehead atoms. The third-order valence-electron chi connectivity index (χ3n) is 3.55. The molecule has 134 valence electrons. The second-order valence-corrected chi connectivity index (χ2v) is 7.24. The van der Waals surface area contributed by atoms with Crippen LogP contribution in [0, 0.1) is 5.41 Å². The molecule has 1 aromatic heterocycles. The molecule has 0 aliphatic rings. The highest BCUT2D eigenvalue weighted by atomic mass is 35.5. The lowest BCUT2D eigenvalue weighted by Crippen LogP contribution is -2.36. The van der Waals surface area contributed by atoms with Crippen LogP contribution in [0.15, 0.2) is 36.5 Å². The van der Waals surface area contributed by atoms with Crippen LogP contribution in [0.25, 0.3) is 0 Å². The average Bonchev–Trinajstić information content (AvgIpc) is 2.95. The molecule has 1 aromatic carbocycles. The monoisotopic (exact) mass is 362 g/mol. The standard InChI is InChI=1S/C18H23ClN4O2/c1-18(2,3)17(25)20-10-9-16(24)22-15-8-11-21-23(15)12-13-4-6-14(19)7-5-13/h4-8,11H,9-10,12H2,1-3H3,(H,20,25)(H,22,24). The minimum absolute atomic E-state index is 0.0759. The first-order valence-corrected chi connectivity index (χ1v) is 8.48. The van der Waals surface area contributed by atoms with Crippen LogP contribution >= 0.6 is 11.6 Å². The molecule has 0 atom stereocenters. The van der Waals surface area contributed by atoms with E-state index in [1.54, 1.807) is 16.9 Å². The summed E-state index contributed by atoms with van der Waals surface area (Å²) in [7, 11) is 0. The van der Waals surface area contributed by atoms with E-state index in [-0.39, 0.29) is 18.2 Å². The lowest BCUT2D eigenvalue weighted by molar-refractivity contribution is -0.128. The van der Waals surface area contributed by atoms with Crippen molar-refractivity contribution in [2.45, 2.75) is 33.7 Å². The molecule has 0 fully saturated rings. The van der Waals surface area contributed by atoms with Gasteiger partial charge in [0, 0.05) is 29.5 Å². The van der Waals surface area contributed by atoms with Crippen LogP contribution in [-0.4, -0.2) is 28.1 Å². The largest absolute Gasteiger partial charge is 0.355 e. The van der Waals surface area contributed by atoms with Crippen molar-refractivity contribution in [3.8, 4) is 0 Å². The SMILES string of the molecule is CC(C)(C)C(=O)NCCC(=O)Nc1ccnn1Cc1ccc(Cl)cc1. The predicted octanol–water partition coefficient (Wildman–Crippen LogP) is 3.08. The van der Waals surface area contributed by atoms with Crippen LogP contribution in [0.4, 0.5) is 5.82 Å². The van der Waals surface area contributed by atoms with Crippen molar-refractivity contribution >= 4 is 29.2 Å². The highest BCUT2D eigenvalue weighted by Gasteiger charge is 2.20. The van der Waals surface area contributed by atoms with Crippen molar-refractivity contribution in [2.24, 2.45) is 5.41 Å². The van der Waals surface area contributed by atoms with Gasteiger partial charge in [-0.25, -0.2) is 4.68 Å². The van der Waals surface area contributed by atoms with Gasteiger partial charge in [0.15, 0.2) is 0 Å². The Bertz CT molecular complexity index is 732. The first-order chi connectivity index (χ1) is 11.8. The van der Waals surface area contributed by atoms with Gasteiger partial charge in [-0.15, -0.1) is 0 Å². The van der Waals surface area contributed by atoms with Crippen LogP contribution in [0.5, 0.6) is 0 Å². The summed E-state index contributed by atoms with van der Waals surface area (Å²) in [6.07, 6.45) is 1.83. The van der Waals surface area contributed by atoms with E-state index in [2.05, 4.69) is 15.7 Å². The second kappa shape index (κ2) is 8.16. The molecule has 2 N–H and O–H groups in total. The molecule has 6 nitrogen and oxygen atoms in total. The molecule has 0 aliphatic carbocycles. The number of amides is 2. The van der Waals surface area contributed by atoms with Crippen LogP contribution in [0.3, 0.4) is 0 Å². The highest BCUT2D eigenvalue weighted by molar-refractivity contribution is 6.30. The summed E-state index contributed by atoms with van der Waals surface area (Å²) in [5, 5.41) is 10.5. The number of anilines is 1. The number of carbonyl (C=O) groups excluding carboxylic acids is 2. The number of benzene rings is 1. The van der Waals surface area contributed by atoms with Crippen LogP contribution in [0.2, 0.25) is 5.02 Å². The van der Waals surface area contributed by atoms with Gasteiger partial charge >= 0.3 is 0 Å². The Labute approximate surface area is 152 Å². The fourth-order valence-corrected chi connectivity index (χ4v) is 2.21. The van der Waals surface area contributed by atoms with Gasteiger partial charge < -0.3 is 10.6 Å². The summed E-state index contributed by atoms with van der Waals surface area (Å²) >= 11 is 5.88. The third-order valence-corrected chi connectivity index (χ3v) is 3.80. The van der Waals surface area contributed by atoms with E-state index in [4.69, 9.17) is 11.6 Å². The molecule has 0 radical (unpaired) electrons. The van der Waals surface area contributed by atoms with E-state index in [9.17, 15) is 9.59 Å². The minimum atomic E-state index is -0.465. The summed E-state index contributed by atoms with van der Waals surface area (Å²) in [6, 6.07) is 9.20. The maximum atomic E-state index is 12.1. The van der Waals surface area contributed by atoms with Crippen molar-refractivity contribution in [1.82, 2.24) is 15.1 Å². The zero-order chi connectivity index (χ0) is 18.4. The molecule has 7 heteroatoms. The van der Waals surface area contributed by atoms with E-state index in [1.807, 2.05) is 45.0 Å². The number of rotatable bonds is 6. The number of nitrogens with one attached hydrogen (secondary N) is 2. The predicted molar refractivity (Wildman–Crippen MR) is 98.5 cm³/mol. The Morgan fingerprint density at radius 1 is 1.16 bits per heavy atom. The van der Waals surface area contributed by atoms with Gasteiger partial charge in [-0.05, 0) is 17.7 Å². The molecule has 2 rings (SSSR count). The van der Waals surface area contributed by atoms with E-state index in [1.165, 1.54) is 0 Å². The fraction of sp³-hybridized carbons (Fsp3) is 0.389. The number of hydrogen-bond donors (Lipinski definition) is 2. The molecule has 0 saturated carbocycles. The number of hydrogen-bond acceptors (Lipinski definition) is 3. The van der Waals surface area contributed by atoms with Crippen molar-refractivity contribution < 1.29 is 9.59 Å². The van der Waals surface area contributed by atoms with E-state index in [0.717, 1.165) is 5.56 Å². The molecular formula is C18H23ClN4O2. The summed E-state index contributed by atoms with van der Waals surface area (Å²) in [5.41, 5.74) is 0.564. The fourth-order valence-electron chi connectivity index (χ4n) is 2.09. The molecule has 0 saturated heterocycles. The summed E-state index contributed by atoms with van der Waals surface area (Å²) < 4.78 is 1.70. The number of aromatic nitrogens is 2. The van der Waals surface area contributed by atoms with E-state index in [0.29, 0.717) is 23.9 Å². The van der Waals surface area contributed by atoms with E-state index < -0.39 is 5.41 Å². The highest BCUT2D eigenvalue weighted by Crippen LogP contribution is 2.14. The lowest BCUT2D eigenvalue weighted by atomic mass is 9.96. The van der Waals surface area contributed by atoms with Crippen molar-refractivity contribution in [2.75, 3.05) is 11.9 Å². The van der Waals surface area contributed by atoms with Gasteiger partial charge in [-0.1, -0.05) is 44.5 Å². The van der Waals surface area contributed by atoms with Gasteiger partial charge in [-0.2, -0.15) is 5.10 Å². The molecule has 0 aliphatic heterocycles. The molecule has 2 amide bonds. The Morgan fingerprint density at radius 2 is 1.84 bits per heavy atom. The first kappa shape index (κ1) is 19.0. The van der Waals surface area contributed by atoms with Crippen LogP contribution < -0.4 is 10.6 Å². The average molecular weight is 363 g/mol. The minimum Gasteiger partial charge on any atom is -0.355 e. The van der Waals surface area contributed by atoms with Gasteiger partial charge in [0.25, 0.3) is 0 Å². The normalized spacial score (nSPS) is 11.2. The smallest absolute Gasteiger partial charge is 0.227 e. The Hall–Kier alpha value is -2.34. The van der Waals surface area contributed by atoms with E-state index >= 15 is 0 Å². The summed E-state index contributed by atoms with van der Waals surface area (Å²) in [6.45, 7) is 6.32. The Balaban J connectivity index is 1.86. The number of carbonyl (C=O) groups is 2. The Morgan fingerprint density at radius 3 is 2.48 bits per heavy atom. The van der Waals surface area contributed by atoms with Gasteiger partial charge in [-0.3, -0.25) is 9.59 Å². The first-order valence-electron chi connectivity index (χ1n) is 8.10. The maximum Gasteiger partial charge on any atom is 0.227 e. The third kappa shape index (κ3) is 5.90. The summed E-state index contributed by atoms with van der Waals surface area (Å²) in [4.78, 5) is 23.8. The lowest BCUT2D eigenvalue weighted by Gasteiger charge is -2.17. The molecule has 0 unspecified atom stereocenters. The molecule has 25 heavy (non-hydrogen) atoms. The van der Waals surface area contributed by atoms with Gasteiger partial charge in [0.2, 0.25) is 11.8 Å². The Kier molecular flexibility index (Phi) is 6.20. The molecule has 2 aromatic rings. The zero-order valence-corrected chi connectivity index (χ0v) is 15.4. The molecule has 0 spiro atoms. The van der Waals surface area contributed by atoms with Gasteiger partial charge in [0.1, 0.15) is 5.82 Å². The second-order valence-electron chi connectivity index (χ2n) is 6.80. The molecule has 1 heterocycles. The van der Waals surface area contributed by atoms with Gasteiger partial charge in [0.05, 0.1) is 12.7 Å². The van der Waals surface area contributed by atoms with Crippen LogP contribution in [0.1, 0.15) is 32.8 Å². The zero-order valence-electron chi connectivity index (χ0n) is 14.7. The van der Waals surface area contributed by atoms with Crippen molar-refractivity contribution in [1.29, 1.82) is 0 Å². The summed E-state index contributed by atoms with van der Waals surface area (Å²) in [5.74, 6) is 0.363. The van der Waals surface area contributed by atoms with Crippen LogP contribution in [-0.2, 0) is 16.1 Å². The topological polar surface area (TPSA) is 76.0 Å². The molecular weight excluding hydrogens is 340 g/mol. The number of halogens is 1. The number of nitrogens with zero attached hydrogens (tertiary/aromatic N) is 2. The van der Waals surface area contributed by atoms with Crippen molar-refractivity contribution in [3.63, 3.8) is 0 Å². The maximum absolute atomic E-state index is 12.1. The quantitative estimate of drug-likeness (QED) is 0.829. The van der Waals surface area contributed by atoms with Crippen molar-refractivity contribution in [3.05, 3.63) is 47.1 Å².